The third kappa shape index (κ3) is 6.86. The fraction of sp³-hybridized carbons (Fsp3) is 0.650. The summed E-state index contributed by atoms with van der Waals surface area (Å²) in [4.78, 5) is 14.8. The lowest BCUT2D eigenvalue weighted by Gasteiger charge is -2.31. The maximum atomic E-state index is 12.3. The normalized spacial score (nSPS) is 17.0. The summed E-state index contributed by atoms with van der Waals surface area (Å²) in [6.07, 6.45) is 1.95. The van der Waals surface area contributed by atoms with Gasteiger partial charge in [0.15, 0.2) is 0 Å². The summed E-state index contributed by atoms with van der Waals surface area (Å²) in [5.41, 5.74) is 2.69. The summed E-state index contributed by atoms with van der Waals surface area (Å²) in [6, 6.07) is 8.71. The first-order chi connectivity index (χ1) is 11.3. The van der Waals surface area contributed by atoms with Crippen molar-refractivity contribution in [1.82, 2.24) is 10.2 Å². The molecule has 24 heavy (non-hydrogen) atoms. The fourth-order valence-electron chi connectivity index (χ4n) is 3.10. The van der Waals surface area contributed by atoms with Crippen LogP contribution in [0.5, 0.6) is 0 Å². The van der Waals surface area contributed by atoms with E-state index in [1.165, 1.54) is 11.1 Å². The zero-order valence-electron chi connectivity index (χ0n) is 15.6. The molecule has 1 saturated heterocycles. The van der Waals surface area contributed by atoms with Crippen LogP contribution in [0.2, 0.25) is 0 Å². The predicted molar refractivity (Wildman–Crippen MR) is 104 cm³/mol. The minimum absolute atomic E-state index is 0.193. The number of nitrogens with one attached hydrogen (secondary N) is 1. The van der Waals surface area contributed by atoms with Crippen LogP contribution < -0.4 is 5.32 Å². The number of nitrogens with zero attached hydrogens (tertiary/aromatic N) is 1. The van der Waals surface area contributed by atoms with E-state index in [4.69, 9.17) is 0 Å². The highest BCUT2D eigenvalue weighted by molar-refractivity contribution is 8.00. The summed E-state index contributed by atoms with van der Waals surface area (Å²) in [7, 11) is 0. The van der Waals surface area contributed by atoms with Crippen molar-refractivity contribution in [2.24, 2.45) is 5.92 Å². The molecule has 0 saturated carbocycles. The Bertz CT molecular complexity index is 531. The van der Waals surface area contributed by atoms with Crippen molar-refractivity contribution in [2.75, 3.05) is 25.4 Å². The van der Waals surface area contributed by atoms with Crippen LogP contribution in [-0.2, 0) is 11.3 Å². The minimum Gasteiger partial charge on any atom is -0.355 e. The quantitative estimate of drug-likeness (QED) is 0.793. The monoisotopic (exact) mass is 348 g/mol. The van der Waals surface area contributed by atoms with Crippen molar-refractivity contribution in [2.45, 2.75) is 51.8 Å². The van der Waals surface area contributed by atoms with Gasteiger partial charge in [-0.15, -0.1) is 0 Å². The number of carbonyl (C=O) groups excluding carboxylic acids is 1. The molecule has 1 heterocycles. The van der Waals surface area contributed by atoms with Gasteiger partial charge in [-0.3, -0.25) is 9.69 Å². The Balaban J connectivity index is 1.67. The molecule has 1 amide bonds. The standard InChI is InChI=1S/C20H32N2OS/c1-16-6-5-7-17(14-16)15-22-11-8-18(9-12-22)19(23)21-10-13-24-20(2,3)4/h5-7,14,18H,8-13,15H2,1-4H3,(H,21,23). The average Bonchev–Trinajstić information content (AvgIpc) is 2.51. The molecule has 0 aromatic heterocycles. The van der Waals surface area contributed by atoms with Gasteiger partial charge >= 0.3 is 0 Å². The number of piperidine rings is 1. The van der Waals surface area contributed by atoms with Crippen molar-refractivity contribution in [3.05, 3.63) is 35.4 Å². The third-order valence-corrected chi connectivity index (χ3v) is 5.66. The molecule has 1 aliphatic heterocycles. The number of amides is 1. The SMILES string of the molecule is Cc1cccc(CN2CCC(C(=O)NCCSC(C)(C)C)CC2)c1. The van der Waals surface area contributed by atoms with Gasteiger partial charge in [-0.25, -0.2) is 0 Å². The Hall–Kier alpha value is -1.00. The first-order valence-corrected chi connectivity index (χ1v) is 10.0. The Morgan fingerprint density at radius 2 is 2.00 bits per heavy atom. The van der Waals surface area contributed by atoms with Gasteiger partial charge < -0.3 is 5.32 Å². The molecule has 4 heteroatoms. The van der Waals surface area contributed by atoms with Crippen LogP contribution in [-0.4, -0.2) is 40.9 Å². The summed E-state index contributed by atoms with van der Waals surface area (Å²) < 4.78 is 0.270. The van der Waals surface area contributed by atoms with Crippen LogP contribution in [0, 0.1) is 12.8 Å². The molecule has 0 unspecified atom stereocenters. The molecule has 3 nitrogen and oxygen atoms in total. The van der Waals surface area contributed by atoms with Gasteiger partial charge in [0.2, 0.25) is 5.91 Å². The molecule has 1 aromatic carbocycles. The molecule has 0 atom stereocenters. The second-order valence-electron chi connectivity index (χ2n) is 7.79. The predicted octanol–water partition coefficient (Wildman–Crippen LogP) is 3.85. The van der Waals surface area contributed by atoms with E-state index in [1.54, 1.807) is 0 Å². The van der Waals surface area contributed by atoms with Crippen molar-refractivity contribution < 1.29 is 4.79 Å². The highest BCUT2D eigenvalue weighted by Gasteiger charge is 2.24. The van der Waals surface area contributed by atoms with E-state index in [1.807, 2.05) is 11.8 Å². The summed E-state index contributed by atoms with van der Waals surface area (Å²) in [5, 5.41) is 3.12. The van der Waals surface area contributed by atoms with E-state index in [-0.39, 0.29) is 16.6 Å². The van der Waals surface area contributed by atoms with E-state index in [0.717, 1.165) is 44.8 Å². The maximum absolute atomic E-state index is 12.3. The Kier molecular flexibility index (Phi) is 7.17. The van der Waals surface area contributed by atoms with Gasteiger partial charge in [-0.05, 0) is 38.4 Å². The van der Waals surface area contributed by atoms with Gasteiger partial charge in [-0.2, -0.15) is 11.8 Å². The molecule has 0 bridgehead atoms. The number of hydrogen-bond acceptors (Lipinski definition) is 3. The van der Waals surface area contributed by atoms with Gasteiger partial charge in [0.25, 0.3) is 0 Å². The lowest BCUT2D eigenvalue weighted by molar-refractivity contribution is -0.126. The molecule has 1 N–H and O–H groups in total. The number of aryl methyl sites for hydroxylation is 1. The lowest BCUT2D eigenvalue weighted by atomic mass is 9.95. The largest absolute Gasteiger partial charge is 0.355 e. The van der Waals surface area contributed by atoms with Crippen LogP contribution in [0.25, 0.3) is 0 Å². The zero-order valence-corrected chi connectivity index (χ0v) is 16.4. The van der Waals surface area contributed by atoms with Crippen LogP contribution in [0.15, 0.2) is 24.3 Å². The number of benzene rings is 1. The fourth-order valence-corrected chi connectivity index (χ4v) is 3.91. The molecular formula is C20H32N2OS. The molecule has 1 aliphatic rings. The summed E-state index contributed by atoms with van der Waals surface area (Å²) in [6.45, 7) is 12.6. The first-order valence-electron chi connectivity index (χ1n) is 9.03. The number of hydrogen-bond donors (Lipinski definition) is 1. The van der Waals surface area contributed by atoms with Gasteiger partial charge in [0.05, 0.1) is 0 Å². The molecule has 1 fully saturated rings. The molecule has 0 spiro atoms. The molecule has 134 valence electrons. The molecular weight excluding hydrogens is 316 g/mol. The molecule has 1 aromatic rings. The summed E-state index contributed by atoms with van der Waals surface area (Å²) in [5.74, 6) is 1.43. The van der Waals surface area contributed by atoms with Crippen LogP contribution in [0.4, 0.5) is 0 Å². The first kappa shape index (κ1) is 19.3. The van der Waals surface area contributed by atoms with E-state index in [0.29, 0.717) is 0 Å². The van der Waals surface area contributed by atoms with Crippen molar-refractivity contribution in [3.8, 4) is 0 Å². The number of likely N-dealkylation sites (tertiary alicyclic amines) is 1. The third-order valence-electron chi connectivity index (χ3n) is 4.38. The molecule has 0 radical (unpaired) electrons. The lowest BCUT2D eigenvalue weighted by Crippen LogP contribution is -2.40. The number of carbonyl (C=O) groups is 1. The van der Waals surface area contributed by atoms with E-state index < -0.39 is 0 Å². The average molecular weight is 349 g/mol. The van der Waals surface area contributed by atoms with Crippen molar-refractivity contribution in [1.29, 1.82) is 0 Å². The Morgan fingerprint density at radius 3 is 2.62 bits per heavy atom. The zero-order chi connectivity index (χ0) is 17.6. The molecule has 2 rings (SSSR count). The highest BCUT2D eigenvalue weighted by Crippen LogP contribution is 2.22. The Morgan fingerprint density at radius 1 is 1.29 bits per heavy atom. The number of rotatable bonds is 6. The van der Waals surface area contributed by atoms with Crippen LogP contribution in [0.1, 0.15) is 44.7 Å². The maximum Gasteiger partial charge on any atom is 0.223 e. The Labute approximate surface area is 151 Å². The summed E-state index contributed by atoms with van der Waals surface area (Å²) >= 11 is 1.90. The highest BCUT2D eigenvalue weighted by atomic mass is 32.2. The van der Waals surface area contributed by atoms with E-state index in [9.17, 15) is 4.79 Å². The van der Waals surface area contributed by atoms with Crippen molar-refractivity contribution >= 4 is 17.7 Å². The van der Waals surface area contributed by atoms with E-state index >= 15 is 0 Å². The van der Waals surface area contributed by atoms with Gasteiger partial charge in [0, 0.05) is 29.5 Å². The topological polar surface area (TPSA) is 32.3 Å². The van der Waals surface area contributed by atoms with Gasteiger partial charge in [0.1, 0.15) is 0 Å². The second-order valence-corrected chi connectivity index (χ2v) is 9.71. The second kappa shape index (κ2) is 8.91. The van der Waals surface area contributed by atoms with Crippen molar-refractivity contribution in [3.63, 3.8) is 0 Å². The van der Waals surface area contributed by atoms with Crippen LogP contribution in [0.3, 0.4) is 0 Å². The van der Waals surface area contributed by atoms with Gasteiger partial charge in [-0.1, -0.05) is 50.6 Å². The molecule has 0 aliphatic carbocycles. The van der Waals surface area contributed by atoms with Crippen LogP contribution >= 0.6 is 11.8 Å². The smallest absolute Gasteiger partial charge is 0.223 e. The number of thioether (sulfide) groups is 1. The minimum atomic E-state index is 0.193. The van der Waals surface area contributed by atoms with E-state index in [2.05, 4.69) is 62.2 Å².